The van der Waals surface area contributed by atoms with E-state index in [0.717, 1.165) is 25.7 Å². The zero-order chi connectivity index (χ0) is 17.1. The van der Waals surface area contributed by atoms with Gasteiger partial charge in [-0.15, -0.1) is 0 Å². The van der Waals surface area contributed by atoms with Gasteiger partial charge in [0.2, 0.25) is 0 Å². The molecule has 1 aromatic heterocycles. The van der Waals surface area contributed by atoms with Crippen LogP contribution in [0.25, 0.3) is 11.0 Å². The van der Waals surface area contributed by atoms with Gasteiger partial charge < -0.3 is 9.64 Å². The monoisotopic (exact) mass is 331 g/mol. The number of carbonyl (C=O) groups excluding carboxylic acids is 2. The van der Waals surface area contributed by atoms with Crippen LogP contribution >= 0.6 is 0 Å². The van der Waals surface area contributed by atoms with Gasteiger partial charge in [0.1, 0.15) is 17.1 Å². The molecule has 128 valence electrons. The lowest BCUT2D eigenvalue weighted by Crippen LogP contribution is -2.41. The number of carbonyl (C=O) groups is 2. The highest BCUT2D eigenvalue weighted by atomic mass is 16.6. The van der Waals surface area contributed by atoms with E-state index in [1.54, 1.807) is 30.0 Å². The lowest BCUT2D eigenvalue weighted by Gasteiger charge is -2.34. The largest absolute Gasteiger partial charge is 0.462 e. The summed E-state index contributed by atoms with van der Waals surface area (Å²) in [5.41, 5.74) is 1.78. The Morgan fingerprint density at radius 2 is 1.92 bits per heavy atom. The number of benzene rings is 1. The van der Waals surface area contributed by atoms with E-state index >= 15 is 0 Å². The second-order valence-corrected chi connectivity index (χ2v) is 6.16. The minimum atomic E-state index is -0.155. The molecule has 1 aliphatic rings. The van der Waals surface area contributed by atoms with Gasteiger partial charge in [0.05, 0.1) is 0 Å². The highest BCUT2D eigenvalue weighted by molar-refractivity contribution is 5.97. The Morgan fingerprint density at radius 1 is 1.21 bits per heavy atom. The average Bonchev–Trinajstić information content (AvgIpc) is 3.08. The number of esters is 1. The summed E-state index contributed by atoms with van der Waals surface area (Å²) in [5, 5.41) is 7.51. The third-order valence-electron chi connectivity index (χ3n) is 4.60. The quantitative estimate of drug-likeness (QED) is 0.800. The lowest BCUT2D eigenvalue weighted by molar-refractivity contribution is -0.150. The SMILES string of the molecule is CCC(=O)OC1CCC(N(C)C(=O)c2ccc3nonc3c2)CC1. The second kappa shape index (κ2) is 6.98. The standard InChI is InChI=1S/C17H21N3O4/c1-3-16(21)23-13-7-5-12(6-8-13)20(2)17(22)11-4-9-14-15(10-11)19-24-18-14/h4,9-10,12-13H,3,5-8H2,1-2H3. The van der Waals surface area contributed by atoms with Crippen LogP contribution in [0.3, 0.4) is 0 Å². The normalized spacial score (nSPS) is 20.8. The van der Waals surface area contributed by atoms with Crippen molar-refractivity contribution in [3.8, 4) is 0 Å². The number of fused-ring (bicyclic) bond motifs is 1. The van der Waals surface area contributed by atoms with E-state index in [1.165, 1.54) is 0 Å². The zero-order valence-electron chi connectivity index (χ0n) is 13.9. The third-order valence-corrected chi connectivity index (χ3v) is 4.60. The Kier molecular flexibility index (Phi) is 4.78. The molecule has 0 N–H and O–H groups in total. The molecule has 0 radical (unpaired) electrons. The first-order valence-corrected chi connectivity index (χ1v) is 8.27. The fraction of sp³-hybridized carbons (Fsp3) is 0.529. The van der Waals surface area contributed by atoms with Gasteiger partial charge in [-0.05, 0) is 54.2 Å². The van der Waals surface area contributed by atoms with Crippen molar-refractivity contribution in [3.05, 3.63) is 23.8 Å². The second-order valence-electron chi connectivity index (χ2n) is 6.16. The van der Waals surface area contributed by atoms with Gasteiger partial charge in [-0.25, -0.2) is 4.63 Å². The first-order chi connectivity index (χ1) is 11.6. The molecule has 0 atom stereocenters. The average molecular weight is 331 g/mol. The predicted molar refractivity (Wildman–Crippen MR) is 86.3 cm³/mol. The minimum absolute atomic E-state index is 0.0187. The third kappa shape index (κ3) is 3.39. The highest BCUT2D eigenvalue weighted by Crippen LogP contribution is 2.26. The molecule has 1 saturated carbocycles. The summed E-state index contributed by atoms with van der Waals surface area (Å²) in [6, 6.07) is 5.31. The van der Waals surface area contributed by atoms with Crippen molar-refractivity contribution in [2.45, 2.75) is 51.2 Å². The van der Waals surface area contributed by atoms with Gasteiger partial charge in [-0.2, -0.15) is 0 Å². The van der Waals surface area contributed by atoms with E-state index in [1.807, 2.05) is 7.05 Å². The predicted octanol–water partition coefficient (Wildman–Crippen LogP) is 2.56. The van der Waals surface area contributed by atoms with Crippen LogP contribution in [0.4, 0.5) is 0 Å². The maximum absolute atomic E-state index is 12.7. The van der Waals surface area contributed by atoms with Crippen LogP contribution in [0.5, 0.6) is 0 Å². The molecule has 7 heteroatoms. The topological polar surface area (TPSA) is 85.5 Å². The van der Waals surface area contributed by atoms with Crippen molar-refractivity contribution in [2.24, 2.45) is 0 Å². The molecule has 1 aromatic carbocycles. The number of nitrogens with zero attached hydrogens (tertiary/aromatic N) is 3. The van der Waals surface area contributed by atoms with Gasteiger partial charge in [-0.3, -0.25) is 9.59 Å². The molecular weight excluding hydrogens is 310 g/mol. The summed E-state index contributed by atoms with van der Waals surface area (Å²) in [6.45, 7) is 1.79. The summed E-state index contributed by atoms with van der Waals surface area (Å²) in [7, 11) is 1.82. The fourth-order valence-corrected chi connectivity index (χ4v) is 3.10. The molecule has 0 bridgehead atoms. The van der Waals surface area contributed by atoms with E-state index in [9.17, 15) is 9.59 Å². The van der Waals surface area contributed by atoms with Crippen LogP contribution in [0.15, 0.2) is 22.8 Å². The smallest absolute Gasteiger partial charge is 0.305 e. The molecule has 1 aliphatic carbocycles. The Balaban J connectivity index is 1.61. The number of rotatable bonds is 4. The van der Waals surface area contributed by atoms with Crippen molar-refractivity contribution < 1.29 is 19.0 Å². The molecule has 1 fully saturated rings. The lowest BCUT2D eigenvalue weighted by atomic mass is 9.91. The van der Waals surface area contributed by atoms with Crippen molar-refractivity contribution in [1.29, 1.82) is 0 Å². The number of aromatic nitrogens is 2. The summed E-state index contributed by atoms with van der Waals surface area (Å²) in [5.74, 6) is -0.202. The van der Waals surface area contributed by atoms with Gasteiger partial charge >= 0.3 is 5.97 Å². The number of hydrogen-bond acceptors (Lipinski definition) is 6. The van der Waals surface area contributed by atoms with Gasteiger partial charge in [0.25, 0.3) is 5.91 Å². The molecule has 7 nitrogen and oxygen atoms in total. The van der Waals surface area contributed by atoms with Crippen molar-refractivity contribution >= 4 is 22.9 Å². The minimum Gasteiger partial charge on any atom is -0.462 e. The fourth-order valence-electron chi connectivity index (χ4n) is 3.10. The molecule has 3 rings (SSSR count). The maximum Gasteiger partial charge on any atom is 0.305 e. The Morgan fingerprint density at radius 3 is 2.62 bits per heavy atom. The Hall–Kier alpha value is -2.44. The van der Waals surface area contributed by atoms with Crippen LogP contribution < -0.4 is 0 Å². The van der Waals surface area contributed by atoms with Crippen LogP contribution in [-0.4, -0.2) is 46.3 Å². The Labute approximate surface area is 139 Å². The Bertz CT molecular complexity index is 734. The van der Waals surface area contributed by atoms with Crippen LogP contribution in [0.2, 0.25) is 0 Å². The van der Waals surface area contributed by atoms with E-state index in [2.05, 4.69) is 14.9 Å². The van der Waals surface area contributed by atoms with Gasteiger partial charge in [0, 0.05) is 25.1 Å². The first kappa shape index (κ1) is 16.4. The molecule has 1 amide bonds. The summed E-state index contributed by atoms with van der Waals surface area (Å²) in [4.78, 5) is 25.8. The van der Waals surface area contributed by atoms with Crippen molar-refractivity contribution in [1.82, 2.24) is 15.2 Å². The molecule has 0 unspecified atom stereocenters. The zero-order valence-corrected chi connectivity index (χ0v) is 13.9. The van der Waals surface area contributed by atoms with E-state index in [0.29, 0.717) is 23.0 Å². The molecular formula is C17H21N3O4. The number of amides is 1. The van der Waals surface area contributed by atoms with E-state index < -0.39 is 0 Å². The number of ether oxygens (including phenoxy) is 1. The van der Waals surface area contributed by atoms with Crippen LogP contribution in [0.1, 0.15) is 49.4 Å². The van der Waals surface area contributed by atoms with Crippen molar-refractivity contribution in [3.63, 3.8) is 0 Å². The van der Waals surface area contributed by atoms with Crippen LogP contribution in [0, 0.1) is 0 Å². The molecule has 0 saturated heterocycles. The number of hydrogen-bond donors (Lipinski definition) is 0. The van der Waals surface area contributed by atoms with Crippen LogP contribution in [-0.2, 0) is 9.53 Å². The highest BCUT2D eigenvalue weighted by Gasteiger charge is 2.28. The molecule has 1 heterocycles. The van der Waals surface area contributed by atoms with Crippen molar-refractivity contribution in [2.75, 3.05) is 7.05 Å². The first-order valence-electron chi connectivity index (χ1n) is 8.27. The summed E-state index contributed by atoms with van der Waals surface area (Å²) >= 11 is 0. The maximum atomic E-state index is 12.7. The van der Waals surface area contributed by atoms with E-state index in [-0.39, 0.29) is 24.0 Å². The molecule has 0 aliphatic heterocycles. The molecule has 0 spiro atoms. The van der Waals surface area contributed by atoms with Gasteiger partial charge in [0.15, 0.2) is 0 Å². The molecule has 2 aromatic rings. The summed E-state index contributed by atoms with van der Waals surface area (Å²) in [6.07, 6.45) is 3.63. The van der Waals surface area contributed by atoms with Gasteiger partial charge in [-0.1, -0.05) is 6.92 Å². The summed E-state index contributed by atoms with van der Waals surface area (Å²) < 4.78 is 10.0. The molecule has 24 heavy (non-hydrogen) atoms. The van der Waals surface area contributed by atoms with E-state index in [4.69, 9.17) is 4.74 Å².